The molecule has 0 amide bonds. The maximum absolute atomic E-state index is 13.7. The van der Waals surface area contributed by atoms with E-state index in [9.17, 15) is 13.6 Å². The molecule has 2 aromatic rings. The molecule has 0 saturated carbocycles. The van der Waals surface area contributed by atoms with Gasteiger partial charge in [-0.3, -0.25) is 0 Å². The molecule has 22 heavy (non-hydrogen) atoms. The number of pyridine rings is 1. The van der Waals surface area contributed by atoms with Crippen LogP contribution >= 0.6 is 0 Å². The van der Waals surface area contributed by atoms with Crippen molar-refractivity contribution in [1.29, 1.82) is 0 Å². The fraction of sp³-hybridized carbons (Fsp3) is 0.250. The molecule has 0 aliphatic rings. The van der Waals surface area contributed by atoms with E-state index in [1.807, 2.05) is 0 Å². The van der Waals surface area contributed by atoms with Crippen LogP contribution in [0, 0.1) is 11.6 Å². The number of nitrogens with zero attached hydrogens (tertiary/aromatic N) is 1. The molecule has 2 rings (SSSR count). The summed E-state index contributed by atoms with van der Waals surface area (Å²) in [6.45, 7) is 5.21. The zero-order chi connectivity index (χ0) is 16.3. The first kappa shape index (κ1) is 15.9. The molecular formula is C16H16F2N2O2. The molecule has 0 saturated heterocycles. The van der Waals surface area contributed by atoms with Gasteiger partial charge >= 0.3 is 5.97 Å². The Morgan fingerprint density at radius 1 is 1.18 bits per heavy atom. The van der Waals surface area contributed by atoms with Gasteiger partial charge in [-0.25, -0.2) is 18.6 Å². The van der Waals surface area contributed by atoms with E-state index in [0.717, 1.165) is 6.07 Å². The Kier molecular flexibility index (Phi) is 4.40. The second-order valence-electron chi connectivity index (χ2n) is 5.63. The number of benzene rings is 1. The zero-order valence-electron chi connectivity index (χ0n) is 12.5. The largest absolute Gasteiger partial charge is 0.456 e. The SMILES string of the molecule is CC(C)(C)OC(=O)c1cccnc1Nc1cccc(F)c1F. The molecule has 0 bridgehead atoms. The van der Waals surface area contributed by atoms with E-state index in [0.29, 0.717) is 0 Å². The molecule has 116 valence electrons. The molecular weight excluding hydrogens is 290 g/mol. The van der Waals surface area contributed by atoms with E-state index >= 15 is 0 Å². The highest BCUT2D eigenvalue weighted by Crippen LogP contribution is 2.24. The highest BCUT2D eigenvalue weighted by molar-refractivity contribution is 5.95. The van der Waals surface area contributed by atoms with Crippen molar-refractivity contribution in [1.82, 2.24) is 4.98 Å². The van der Waals surface area contributed by atoms with Crippen LogP contribution in [0.15, 0.2) is 36.5 Å². The van der Waals surface area contributed by atoms with Crippen molar-refractivity contribution in [2.45, 2.75) is 26.4 Å². The molecule has 0 atom stereocenters. The molecule has 1 N–H and O–H groups in total. The fourth-order valence-electron chi connectivity index (χ4n) is 1.73. The number of carbonyl (C=O) groups excluding carboxylic acids is 1. The van der Waals surface area contributed by atoms with Gasteiger partial charge in [0.1, 0.15) is 17.0 Å². The Bertz CT molecular complexity index is 697. The molecule has 1 heterocycles. The monoisotopic (exact) mass is 306 g/mol. The number of esters is 1. The van der Waals surface area contributed by atoms with Crippen LogP contribution < -0.4 is 5.32 Å². The highest BCUT2D eigenvalue weighted by atomic mass is 19.2. The second kappa shape index (κ2) is 6.09. The van der Waals surface area contributed by atoms with Crippen molar-refractivity contribution in [3.8, 4) is 0 Å². The van der Waals surface area contributed by atoms with Crippen LogP contribution in [0.3, 0.4) is 0 Å². The highest BCUT2D eigenvalue weighted by Gasteiger charge is 2.21. The third-order valence-corrected chi connectivity index (χ3v) is 2.63. The molecule has 4 nitrogen and oxygen atoms in total. The predicted molar refractivity (Wildman–Crippen MR) is 79.0 cm³/mol. The minimum absolute atomic E-state index is 0.0984. The van der Waals surface area contributed by atoms with Crippen molar-refractivity contribution in [2.75, 3.05) is 5.32 Å². The van der Waals surface area contributed by atoms with Crippen molar-refractivity contribution in [2.24, 2.45) is 0 Å². The van der Waals surface area contributed by atoms with Gasteiger partial charge in [0.25, 0.3) is 0 Å². The molecule has 6 heteroatoms. The Labute approximate surface area is 127 Å². The first-order valence-electron chi connectivity index (χ1n) is 6.67. The van der Waals surface area contributed by atoms with E-state index in [4.69, 9.17) is 4.74 Å². The normalized spacial score (nSPS) is 11.1. The third kappa shape index (κ3) is 3.78. The standard InChI is InChI=1S/C16H16F2N2O2/c1-16(2,3)22-15(21)10-6-5-9-19-14(10)20-12-8-4-7-11(17)13(12)18/h4-9H,1-3H3,(H,19,20). The number of carbonyl (C=O) groups is 1. The minimum Gasteiger partial charge on any atom is -0.456 e. The summed E-state index contributed by atoms with van der Waals surface area (Å²) in [7, 11) is 0. The fourth-order valence-corrected chi connectivity index (χ4v) is 1.73. The van der Waals surface area contributed by atoms with E-state index in [1.54, 1.807) is 26.8 Å². The molecule has 1 aromatic carbocycles. The van der Waals surface area contributed by atoms with E-state index < -0.39 is 23.2 Å². The Morgan fingerprint density at radius 3 is 2.59 bits per heavy atom. The number of ether oxygens (including phenoxy) is 1. The molecule has 0 spiro atoms. The van der Waals surface area contributed by atoms with Crippen LogP contribution in [0.1, 0.15) is 31.1 Å². The number of nitrogens with one attached hydrogen (secondary N) is 1. The smallest absolute Gasteiger partial charge is 0.342 e. The van der Waals surface area contributed by atoms with Gasteiger partial charge in [-0.2, -0.15) is 0 Å². The summed E-state index contributed by atoms with van der Waals surface area (Å²) in [6, 6.07) is 6.78. The van der Waals surface area contributed by atoms with Crippen LogP contribution in [0.5, 0.6) is 0 Å². The van der Waals surface area contributed by atoms with Crippen LogP contribution in [-0.2, 0) is 4.74 Å². The van der Waals surface area contributed by atoms with E-state index in [-0.39, 0.29) is 17.1 Å². The number of halogens is 2. The van der Waals surface area contributed by atoms with Gasteiger partial charge in [0.15, 0.2) is 11.6 Å². The summed E-state index contributed by atoms with van der Waals surface area (Å²) in [6.07, 6.45) is 1.44. The number of rotatable bonds is 3. The van der Waals surface area contributed by atoms with Gasteiger partial charge in [0.2, 0.25) is 0 Å². The average Bonchev–Trinajstić information content (AvgIpc) is 2.42. The van der Waals surface area contributed by atoms with Gasteiger partial charge in [-0.1, -0.05) is 6.07 Å². The Morgan fingerprint density at radius 2 is 1.91 bits per heavy atom. The molecule has 0 unspecified atom stereocenters. The number of anilines is 2. The quantitative estimate of drug-likeness (QED) is 0.869. The maximum Gasteiger partial charge on any atom is 0.342 e. The van der Waals surface area contributed by atoms with Gasteiger partial charge in [0.05, 0.1) is 5.69 Å². The van der Waals surface area contributed by atoms with E-state index in [1.165, 1.54) is 24.4 Å². The first-order valence-corrected chi connectivity index (χ1v) is 6.67. The van der Waals surface area contributed by atoms with Crippen LogP contribution in [0.4, 0.5) is 20.3 Å². The first-order chi connectivity index (χ1) is 10.3. The van der Waals surface area contributed by atoms with Crippen LogP contribution in [0.25, 0.3) is 0 Å². The lowest BCUT2D eigenvalue weighted by atomic mass is 10.2. The van der Waals surface area contributed by atoms with Gasteiger partial charge < -0.3 is 10.1 Å². The minimum atomic E-state index is -1.04. The van der Waals surface area contributed by atoms with Crippen molar-refractivity contribution < 1.29 is 18.3 Å². The topological polar surface area (TPSA) is 51.2 Å². The van der Waals surface area contributed by atoms with Crippen molar-refractivity contribution in [3.63, 3.8) is 0 Å². The summed E-state index contributed by atoms with van der Waals surface area (Å²) in [4.78, 5) is 16.1. The lowest BCUT2D eigenvalue weighted by Gasteiger charge is -2.20. The van der Waals surface area contributed by atoms with Gasteiger partial charge in [-0.05, 0) is 45.0 Å². The predicted octanol–water partition coefficient (Wildman–Crippen LogP) is 4.06. The lowest BCUT2D eigenvalue weighted by Crippen LogP contribution is -2.24. The summed E-state index contributed by atoms with van der Waals surface area (Å²) in [5.74, 6) is -2.52. The lowest BCUT2D eigenvalue weighted by molar-refractivity contribution is 0.00704. The second-order valence-corrected chi connectivity index (χ2v) is 5.63. The summed E-state index contributed by atoms with van der Waals surface area (Å²) >= 11 is 0. The van der Waals surface area contributed by atoms with Crippen LogP contribution in [0.2, 0.25) is 0 Å². The van der Waals surface area contributed by atoms with E-state index in [2.05, 4.69) is 10.3 Å². The number of hydrogen-bond acceptors (Lipinski definition) is 4. The zero-order valence-corrected chi connectivity index (χ0v) is 12.5. The molecule has 0 radical (unpaired) electrons. The number of hydrogen-bond donors (Lipinski definition) is 1. The van der Waals surface area contributed by atoms with Crippen molar-refractivity contribution in [3.05, 3.63) is 53.7 Å². The Balaban J connectivity index is 2.33. The summed E-state index contributed by atoms with van der Waals surface area (Å²) in [5, 5.41) is 2.62. The molecule has 0 aliphatic carbocycles. The molecule has 0 aliphatic heterocycles. The van der Waals surface area contributed by atoms with Gasteiger partial charge in [0, 0.05) is 6.20 Å². The molecule has 0 fully saturated rings. The van der Waals surface area contributed by atoms with Crippen LogP contribution in [-0.4, -0.2) is 16.6 Å². The van der Waals surface area contributed by atoms with Crippen molar-refractivity contribution >= 4 is 17.5 Å². The average molecular weight is 306 g/mol. The van der Waals surface area contributed by atoms with Gasteiger partial charge in [-0.15, -0.1) is 0 Å². The third-order valence-electron chi connectivity index (χ3n) is 2.63. The maximum atomic E-state index is 13.7. The molecule has 1 aromatic heterocycles. The summed E-state index contributed by atoms with van der Waals surface area (Å²) in [5.41, 5.74) is -0.640. The summed E-state index contributed by atoms with van der Waals surface area (Å²) < 4.78 is 32.2. The number of aromatic nitrogens is 1. The Hall–Kier alpha value is -2.50.